The lowest BCUT2D eigenvalue weighted by Gasteiger charge is -2.33. The summed E-state index contributed by atoms with van der Waals surface area (Å²) in [5.41, 5.74) is 0. The number of ether oxygens (including phenoxy) is 1. The zero-order valence-corrected chi connectivity index (χ0v) is 15.0. The molecule has 0 bridgehead atoms. The zero-order valence-electron chi connectivity index (χ0n) is 15.0. The van der Waals surface area contributed by atoms with Gasteiger partial charge in [-0.1, -0.05) is 6.07 Å². The first-order valence-corrected chi connectivity index (χ1v) is 9.24. The fourth-order valence-corrected chi connectivity index (χ4v) is 3.46. The molecule has 1 aromatic rings. The highest BCUT2D eigenvalue weighted by atomic mass is 16.5. The van der Waals surface area contributed by atoms with Crippen LogP contribution in [0.3, 0.4) is 0 Å². The maximum Gasteiger partial charge on any atom is 0.315 e. The third-order valence-electron chi connectivity index (χ3n) is 4.82. The number of rotatable bonds is 5. The number of pyridine rings is 1. The van der Waals surface area contributed by atoms with Crippen molar-refractivity contribution < 1.29 is 9.53 Å². The maximum atomic E-state index is 12.2. The number of urea groups is 1. The van der Waals surface area contributed by atoms with Crippen LogP contribution in [0.15, 0.2) is 24.4 Å². The molecule has 0 aromatic carbocycles. The average Bonchev–Trinajstić information content (AvgIpc) is 2.63. The molecule has 2 N–H and O–H groups in total. The Morgan fingerprint density at radius 3 is 2.72 bits per heavy atom. The number of hydrogen-bond donors (Lipinski definition) is 2. The lowest BCUT2D eigenvalue weighted by Crippen LogP contribution is -2.52. The van der Waals surface area contributed by atoms with Crippen LogP contribution in [0.2, 0.25) is 0 Å². The summed E-state index contributed by atoms with van der Waals surface area (Å²) in [5, 5.41) is 6.18. The fourth-order valence-electron chi connectivity index (χ4n) is 3.46. The Morgan fingerprint density at radius 2 is 2.04 bits per heavy atom. The van der Waals surface area contributed by atoms with E-state index in [4.69, 9.17) is 4.74 Å². The van der Waals surface area contributed by atoms with Crippen LogP contribution in [0.25, 0.3) is 0 Å². The Bertz CT molecular complexity index is 528. The minimum Gasteiger partial charge on any atom is -0.379 e. The molecule has 138 valence electrons. The Hall–Kier alpha value is -1.86. The number of anilines is 1. The second-order valence-corrected chi connectivity index (χ2v) is 6.88. The Morgan fingerprint density at radius 1 is 1.28 bits per heavy atom. The van der Waals surface area contributed by atoms with Crippen LogP contribution in [0.4, 0.5) is 10.6 Å². The molecule has 1 unspecified atom stereocenters. The van der Waals surface area contributed by atoms with Crippen molar-refractivity contribution in [3.8, 4) is 0 Å². The van der Waals surface area contributed by atoms with Gasteiger partial charge in [-0.3, -0.25) is 4.90 Å². The lowest BCUT2D eigenvalue weighted by atomic mass is 10.1. The van der Waals surface area contributed by atoms with Crippen molar-refractivity contribution in [3.63, 3.8) is 0 Å². The van der Waals surface area contributed by atoms with E-state index >= 15 is 0 Å². The third-order valence-corrected chi connectivity index (χ3v) is 4.82. The van der Waals surface area contributed by atoms with E-state index in [1.807, 2.05) is 24.4 Å². The number of amides is 2. The molecule has 7 nitrogen and oxygen atoms in total. The van der Waals surface area contributed by atoms with Crippen LogP contribution in [-0.2, 0) is 4.74 Å². The molecule has 7 heteroatoms. The molecular weight excluding hydrogens is 318 g/mol. The summed E-state index contributed by atoms with van der Waals surface area (Å²) in [6.45, 7) is 8.23. The maximum absolute atomic E-state index is 12.2. The van der Waals surface area contributed by atoms with Crippen LogP contribution in [0, 0.1) is 0 Å². The predicted octanol–water partition coefficient (Wildman–Crippen LogP) is 1.07. The summed E-state index contributed by atoms with van der Waals surface area (Å²) < 4.78 is 5.35. The van der Waals surface area contributed by atoms with Gasteiger partial charge in [0.25, 0.3) is 0 Å². The van der Waals surface area contributed by atoms with E-state index in [-0.39, 0.29) is 18.1 Å². The van der Waals surface area contributed by atoms with Crippen molar-refractivity contribution in [2.24, 2.45) is 0 Å². The Balaban J connectivity index is 1.36. The Labute approximate surface area is 149 Å². The number of morpholine rings is 1. The van der Waals surface area contributed by atoms with Gasteiger partial charge < -0.3 is 20.3 Å². The highest BCUT2D eigenvalue weighted by Crippen LogP contribution is 2.17. The molecule has 2 aliphatic rings. The molecule has 2 fully saturated rings. The van der Waals surface area contributed by atoms with Gasteiger partial charge in [0, 0.05) is 51.0 Å². The second kappa shape index (κ2) is 9.01. The summed E-state index contributed by atoms with van der Waals surface area (Å²) in [6.07, 6.45) is 3.71. The van der Waals surface area contributed by atoms with Crippen LogP contribution in [0.5, 0.6) is 0 Å². The molecule has 1 aromatic heterocycles. The second-order valence-electron chi connectivity index (χ2n) is 6.88. The van der Waals surface area contributed by atoms with Gasteiger partial charge >= 0.3 is 6.03 Å². The number of carbonyl (C=O) groups is 1. The molecule has 1 atom stereocenters. The zero-order chi connectivity index (χ0) is 17.5. The van der Waals surface area contributed by atoms with E-state index in [2.05, 4.69) is 32.3 Å². The van der Waals surface area contributed by atoms with Gasteiger partial charge in [0.2, 0.25) is 0 Å². The first-order chi connectivity index (χ1) is 12.2. The summed E-state index contributed by atoms with van der Waals surface area (Å²) in [7, 11) is 0. The van der Waals surface area contributed by atoms with Gasteiger partial charge in [-0.15, -0.1) is 0 Å². The average molecular weight is 347 g/mol. The monoisotopic (exact) mass is 347 g/mol. The number of piperidine rings is 1. The van der Waals surface area contributed by atoms with E-state index in [0.29, 0.717) is 0 Å². The molecule has 0 radical (unpaired) electrons. The topological polar surface area (TPSA) is 69.7 Å². The first kappa shape index (κ1) is 17.9. The van der Waals surface area contributed by atoms with Crippen molar-refractivity contribution >= 4 is 11.8 Å². The number of aromatic nitrogens is 1. The number of hydrogen-bond acceptors (Lipinski definition) is 5. The quantitative estimate of drug-likeness (QED) is 0.834. The van der Waals surface area contributed by atoms with Gasteiger partial charge in [0.15, 0.2) is 0 Å². The summed E-state index contributed by atoms with van der Waals surface area (Å²) >= 11 is 0. The number of nitrogens with zero attached hydrogens (tertiary/aromatic N) is 3. The van der Waals surface area contributed by atoms with Crippen LogP contribution in [-0.4, -0.2) is 73.9 Å². The normalized spacial score (nSPS) is 20.9. The molecule has 2 amide bonds. The van der Waals surface area contributed by atoms with E-state index in [9.17, 15) is 4.79 Å². The molecule has 2 aliphatic heterocycles. The van der Waals surface area contributed by atoms with Crippen molar-refractivity contribution in [3.05, 3.63) is 24.4 Å². The van der Waals surface area contributed by atoms with Crippen molar-refractivity contribution in [1.29, 1.82) is 0 Å². The molecule has 3 heterocycles. The fraction of sp³-hybridized carbons (Fsp3) is 0.667. The smallest absolute Gasteiger partial charge is 0.315 e. The standard InChI is InChI=1S/C18H29N5O2/c1-15(14-22-10-12-25-13-11-22)20-18(24)21-16-5-8-23(9-6-16)17-4-2-3-7-19-17/h2-4,7,15-16H,5-6,8-14H2,1H3,(H2,20,21,24). The SMILES string of the molecule is CC(CN1CCOCC1)NC(=O)NC1CCN(c2ccccn2)CC1. The lowest BCUT2D eigenvalue weighted by molar-refractivity contribution is 0.0349. The largest absolute Gasteiger partial charge is 0.379 e. The van der Waals surface area contributed by atoms with Gasteiger partial charge in [-0.05, 0) is 31.9 Å². The molecule has 3 rings (SSSR count). The van der Waals surface area contributed by atoms with Gasteiger partial charge in [-0.2, -0.15) is 0 Å². The van der Waals surface area contributed by atoms with Crippen LogP contribution in [0.1, 0.15) is 19.8 Å². The molecule has 0 spiro atoms. The van der Waals surface area contributed by atoms with E-state index < -0.39 is 0 Å². The van der Waals surface area contributed by atoms with Crippen molar-refractivity contribution in [1.82, 2.24) is 20.5 Å². The van der Waals surface area contributed by atoms with E-state index in [0.717, 1.165) is 64.6 Å². The minimum absolute atomic E-state index is 0.0583. The predicted molar refractivity (Wildman–Crippen MR) is 97.9 cm³/mol. The highest BCUT2D eigenvalue weighted by molar-refractivity contribution is 5.74. The van der Waals surface area contributed by atoms with Crippen molar-refractivity contribution in [2.45, 2.75) is 31.8 Å². The molecule has 2 saturated heterocycles. The number of carbonyl (C=O) groups excluding carboxylic acids is 1. The van der Waals surface area contributed by atoms with Gasteiger partial charge in [-0.25, -0.2) is 9.78 Å². The van der Waals surface area contributed by atoms with Crippen LogP contribution >= 0.6 is 0 Å². The third kappa shape index (κ3) is 5.57. The van der Waals surface area contributed by atoms with E-state index in [1.54, 1.807) is 0 Å². The molecule has 0 saturated carbocycles. The van der Waals surface area contributed by atoms with Crippen molar-refractivity contribution in [2.75, 3.05) is 50.8 Å². The summed E-state index contributed by atoms with van der Waals surface area (Å²) in [4.78, 5) is 21.2. The first-order valence-electron chi connectivity index (χ1n) is 9.24. The van der Waals surface area contributed by atoms with Crippen LogP contribution < -0.4 is 15.5 Å². The molecular formula is C18H29N5O2. The Kier molecular flexibility index (Phi) is 6.47. The van der Waals surface area contributed by atoms with Gasteiger partial charge in [0.05, 0.1) is 13.2 Å². The number of nitrogens with one attached hydrogen (secondary N) is 2. The van der Waals surface area contributed by atoms with E-state index in [1.165, 1.54) is 0 Å². The minimum atomic E-state index is -0.0583. The molecule has 25 heavy (non-hydrogen) atoms. The highest BCUT2D eigenvalue weighted by Gasteiger charge is 2.22. The van der Waals surface area contributed by atoms with Gasteiger partial charge in [0.1, 0.15) is 5.82 Å². The summed E-state index contributed by atoms with van der Waals surface area (Å²) in [5.74, 6) is 1.02. The molecule has 0 aliphatic carbocycles. The summed E-state index contributed by atoms with van der Waals surface area (Å²) in [6, 6.07) is 6.28.